The number of likely N-dealkylation sites (tertiary alicyclic amines) is 1. The van der Waals surface area contributed by atoms with Crippen LogP contribution in [0.5, 0.6) is 0 Å². The minimum atomic E-state index is -0.105. The lowest BCUT2D eigenvalue weighted by molar-refractivity contribution is -0.128. The van der Waals surface area contributed by atoms with Crippen LogP contribution in [-0.2, 0) is 16.1 Å². The van der Waals surface area contributed by atoms with Crippen molar-refractivity contribution in [3.63, 3.8) is 0 Å². The van der Waals surface area contributed by atoms with Gasteiger partial charge in [0.1, 0.15) is 0 Å². The second kappa shape index (κ2) is 6.79. The molecule has 3 rings (SSSR count). The Kier molecular flexibility index (Phi) is 4.58. The molecule has 1 atom stereocenters. The molecule has 118 valence electrons. The van der Waals surface area contributed by atoms with Gasteiger partial charge in [0, 0.05) is 32.6 Å². The molecule has 1 aromatic rings. The van der Waals surface area contributed by atoms with E-state index >= 15 is 0 Å². The molecule has 3 amide bonds. The van der Waals surface area contributed by atoms with Gasteiger partial charge in [0.15, 0.2) is 0 Å². The zero-order valence-corrected chi connectivity index (χ0v) is 12.5. The second-order valence-corrected chi connectivity index (χ2v) is 5.71. The first-order chi connectivity index (χ1) is 10.7. The van der Waals surface area contributed by atoms with E-state index in [1.165, 1.54) is 0 Å². The number of carbonyl (C=O) groups is 2. The summed E-state index contributed by atoms with van der Waals surface area (Å²) < 4.78 is 5.24. The van der Waals surface area contributed by atoms with E-state index in [-0.39, 0.29) is 18.0 Å². The van der Waals surface area contributed by atoms with Gasteiger partial charge in [-0.25, -0.2) is 4.79 Å². The zero-order chi connectivity index (χ0) is 15.4. The number of rotatable bonds is 3. The molecule has 2 aliphatic heterocycles. The maximum absolute atomic E-state index is 12.2. The Balaban J connectivity index is 1.52. The fourth-order valence-corrected chi connectivity index (χ4v) is 2.86. The topological polar surface area (TPSA) is 61.9 Å². The summed E-state index contributed by atoms with van der Waals surface area (Å²) in [6.45, 7) is 3.56. The molecule has 1 unspecified atom stereocenters. The van der Waals surface area contributed by atoms with Gasteiger partial charge in [-0.1, -0.05) is 30.3 Å². The number of hydrogen-bond acceptors (Lipinski definition) is 3. The van der Waals surface area contributed by atoms with Gasteiger partial charge in [-0.3, -0.25) is 4.79 Å². The van der Waals surface area contributed by atoms with Crippen LogP contribution in [0.2, 0.25) is 0 Å². The fourth-order valence-electron chi connectivity index (χ4n) is 2.86. The normalized spacial score (nSPS) is 22.0. The van der Waals surface area contributed by atoms with Gasteiger partial charge in [-0.2, -0.15) is 0 Å². The molecule has 0 spiro atoms. The van der Waals surface area contributed by atoms with Gasteiger partial charge in [-0.15, -0.1) is 0 Å². The van der Waals surface area contributed by atoms with Crippen LogP contribution < -0.4 is 5.32 Å². The Hall–Kier alpha value is -2.08. The van der Waals surface area contributed by atoms with E-state index in [1.807, 2.05) is 30.3 Å². The van der Waals surface area contributed by atoms with E-state index in [4.69, 9.17) is 4.74 Å². The molecule has 0 saturated carbocycles. The van der Waals surface area contributed by atoms with Crippen molar-refractivity contribution in [1.29, 1.82) is 0 Å². The largest absolute Gasteiger partial charge is 0.378 e. The van der Waals surface area contributed by atoms with Crippen molar-refractivity contribution in [2.24, 2.45) is 0 Å². The smallest absolute Gasteiger partial charge is 0.317 e. The molecule has 0 aromatic heterocycles. The van der Waals surface area contributed by atoms with Crippen molar-refractivity contribution in [2.75, 3.05) is 32.8 Å². The number of nitrogens with zero attached hydrogens (tertiary/aromatic N) is 2. The molecule has 1 N–H and O–H groups in total. The van der Waals surface area contributed by atoms with Crippen LogP contribution in [-0.4, -0.2) is 60.6 Å². The van der Waals surface area contributed by atoms with E-state index in [2.05, 4.69) is 5.32 Å². The van der Waals surface area contributed by atoms with Crippen LogP contribution in [0.25, 0.3) is 0 Å². The third kappa shape index (κ3) is 3.57. The van der Waals surface area contributed by atoms with Gasteiger partial charge in [0.25, 0.3) is 0 Å². The number of ether oxygens (including phenoxy) is 1. The number of nitrogens with one attached hydrogen (secondary N) is 1. The molecule has 0 aliphatic carbocycles. The van der Waals surface area contributed by atoms with Crippen molar-refractivity contribution in [2.45, 2.75) is 19.0 Å². The van der Waals surface area contributed by atoms with E-state index < -0.39 is 0 Å². The van der Waals surface area contributed by atoms with E-state index in [1.54, 1.807) is 9.80 Å². The van der Waals surface area contributed by atoms with Crippen molar-refractivity contribution < 1.29 is 14.3 Å². The molecule has 6 nitrogen and oxygen atoms in total. The van der Waals surface area contributed by atoms with Crippen LogP contribution in [0, 0.1) is 0 Å². The molecular weight excluding hydrogens is 282 g/mol. The highest BCUT2D eigenvalue weighted by atomic mass is 16.5. The van der Waals surface area contributed by atoms with Crippen LogP contribution in [0.4, 0.5) is 4.79 Å². The average Bonchev–Trinajstić information content (AvgIpc) is 2.88. The predicted molar refractivity (Wildman–Crippen MR) is 81.2 cm³/mol. The Morgan fingerprint density at radius 2 is 1.95 bits per heavy atom. The highest BCUT2D eigenvalue weighted by molar-refractivity contribution is 5.81. The maximum Gasteiger partial charge on any atom is 0.317 e. The average molecular weight is 303 g/mol. The highest BCUT2D eigenvalue weighted by Crippen LogP contribution is 2.15. The van der Waals surface area contributed by atoms with Gasteiger partial charge >= 0.3 is 6.03 Å². The van der Waals surface area contributed by atoms with Crippen LogP contribution in [0.3, 0.4) is 0 Å². The number of urea groups is 1. The molecule has 2 aliphatic rings. The SMILES string of the molecule is O=C1CC(NC(=O)N2CCOCC2)CN1Cc1ccccc1. The molecule has 6 heteroatoms. The Morgan fingerprint density at radius 1 is 1.23 bits per heavy atom. The molecule has 22 heavy (non-hydrogen) atoms. The van der Waals surface area contributed by atoms with Crippen LogP contribution in [0.15, 0.2) is 30.3 Å². The quantitative estimate of drug-likeness (QED) is 0.899. The molecule has 1 aromatic carbocycles. The first-order valence-corrected chi connectivity index (χ1v) is 7.67. The predicted octanol–water partition coefficient (Wildman–Crippen LogP) is 0.829. The first kappa shape index (κ1) is 14.8. The Morgan fingerprint density at radius 3 is 2.68 bits per heavy atom. The molecule has 2 fully saturated rings. The van der Waals surface area contributed by atoms with E-state index in [0.29, 0.717) is 45.8 Å². The van der Waals surface area contributed by atoms with Gasteiger partial charge in [-0.05, 0) is 5.56 Å². The highest BCUT2D eigenvalue weighted by Gasteiger charge is 2.31. The molecule has 0 radical (unpaired) electrons. The summed E-state index contributed by atoms with van der Waals surface area (Å²) in [6.07, 6.45) is 0.378. The summed E-state index contributed by atoms with van der Waals surface area (Å²) >= 11 is 0. The molecule has 2 saturated heterocycles. The summed E-state index contributed by atoms with van der Waals surface area (Å²) in [6, 6.07) is 9.70. The number of amides is 3. The monoisotopic (exact) mass is 303 g/mol. The van der Waals surface area contributed by atoms with Crippen molar-refractivity contribution in [3.8, 4) is 0 Å². The summed E-state index contributed by atoms with van der Waals surface area (Å²) in [4.78, 5) is 27.8. The first-order valence-electron chi connectivity index (χ1n) is 7.67. The van der Waals surface area contributed by atoms with E-state index in [9.17, 15) is 9.59 Å². The number of morpholine rings is 1. The summed E-state index contributed by atoms with van der Waals surface area (Å²) in [5, 5.41) is 2.96. The zero-order valence-electron chi connectivity index (χ0n) is 12.5. The third-order valence-electron chi connectivity index (χ3n) is 4.06. The van der Waals surface area contributed by atoms with Crippen LogP contribution in [0.1, 0.15) is 12.0 Å². The van der Waals surface area contributed by atoms with Gasteiger partial charge in [0.2, 0.25) is 5.91 Å². The van der Waals surface area contributed by atoms with Gasteiger partial charge < -0.3 is 19.9 Å². The number of benzene rings is 1. The van der Waals surface area contributed by atoms with Gasteiger partial charge in [0.05, 0.1) is 19.3 Å². The number of carbonyl (C=O) groups excluding carboxylic acids is 2. The Bertz CT molecular complexity index is 529. The summed E-state index contributed by atoms with van der Waals surface area (Å²) in [5.74, 6) is 0.0936. The standard InChI is InChI=1S/C16H21N3O3/c20-15-10-14(17-16(21)18-6-8-22-9-7-18)12-19(15)11-13-4-2-1-3-5-13/h1-5,14H,6-12H2,(H,17,21). The van der Waals surface area contributed by atoms with Crippen molar-refractivity contribution in [3.05, 3.63) is 35.9 Å². The van der Waals surface area contributed by atoms with Crippen molar-refractivity contribution in [1.82, 2.24) is 15.1 Å². The van der Waals surface area contributed by atoms with Crippen molar-refractivity contribution >= 4 is 11.9 Å². The second-order valence-electron chi connectivity index (χ2n) is 5.71. The minimum Gasteiger partial charge on any atom is -0.378 e. The fraction of sp³-hybridized carbons (Fsp3) is 0.500. The van der Waals surface area contributed by atoms with E-state index in [0.717, 1.165) is 5.56 Å². The molecule has 2 heterocycles. The lowest BCUT2D eigenvalue weighted by Crippen LogP contribution is -2.49. The molecular formula is C16H21N3O3. The number of hydrogen-bond donors (Lipinski definition) is 1. The Labute approximate surface area is 130 Å². The molecule has 0 bridgehead atoms. The minimum absolute atomic E-state index is 0.0936. The summed E-state index contributed by atoms with van der Waals surface area (Å²) in [7, 11) is 0. The lowest BCUT2D eigenvalue weighted by Gasteiger charge is -2.28. The third-order valence-corrected chi connectivity index (χ3v) is 4.06. The van der Waals surface area contributed by atoms with Crippen LogP contribution >= 0.6 is 0 Å². The summed E-state index contributed by atoms with van der Waals surface area (Å²) in [5.41, 5.74) is 1.11. The maximum atomic E-state index is 12.2. The lowest BCUT2D eigenvalue weighted by atomic mass is 10.2.